The number of benzene rings is 1. The van der Waals surface area contributed by atoms with Crippen molar-refractivity contribution in [2.45, 2.75) is 39.4 Å². The first-order valence-electron chi connectivity index (χ1n) is 10.5. The maximum absolute atomic E-state index is 12.4. The molecule has 3 heterocycles. The Morgan fingerprint density at radius 3 is 2.39 bits per heavy atom. The largest absolute Gasteiger partial charge is 0.481 e. The van der Waals surface area contributed by atoms with Gasteiger partial charge in [0.05, 0.1) is 24.1 Å². The fourth-order valence-corrected chi connectivity index (χ4v) is 3.70. The third-order valence-corrected chi connectivity index (χ3v) is 5.08. The van der Waals surface area contributed by atoms with E-state index in [2.05, 4.69) is 9.97 Å². The van der Waals surface area contributed by atoms with Crippen LogP contribution in [0.5, 0.6) is 5.88 Å². The number of fused-ring (bicyclic) bond motifs is 1. The normalized spacial score (nSPS) is 12.6. The van der Waals surface area contributed by atoms with Crippen molar-refractivity contribution in [2.24, 2.45) is 0 Å². The average Bonchev–Trinajstić information content (AvgIpc) is 3.20. The predicted octanol–water partition coefficient (Wildman–Crippen LogP) is 4.72. The van der Waals surface area contributed by atoms with E-state index < -0.39 is 17.7 Å². The first kappa shape index (κ1) is 22.4. The van der Waals surface area contributed by atoms with Crippen molar-refractivity contribution in [3.8, 4) is 28.4 Å². The fraction of sp³-hybridized carbons (Fsp3) is 0.280. The van der Waals surface area contributed by atoms with E-state index in [1.54, 1.807) is 30.8 Å². The number of rotatable bonds is 6. The second-order valence-electron chi connectivity index (χ2n) is 8.66. The summed E-state index contributed by atoms with van der Waals surface area (Å²) in [6, 6.07) is 15.2. The van der Waals surface area contributed by atoms with Crippen LogP contribution in [0.1, 0.15) is 38.1 Å². The highest BCUT2D eigenvalue weighted by atomic mass is 16.5. The topological polar surface area (TPSA) is 98.8 Å². The second-order valence-corrected chi connectivity index (χ2v) is 8.66. The zero-order valence-corrected chi connectivity index (χ0v) is 19.2. The van der Waals surface area contributed by atoms with Gasteiger partial charge in [-0.25, -0.2) is 19.3 Å². The molecule has 1 aromatic carbocycles. The molecule has 3 aromatic heterocycles. The molecule has 4 aromatic rings. The van der Waals surface area contributed by atoms with E-state index >= 15 is 0 Å². The van der Waals surface area contributed by atoms with Gasteiger partial charge < -0.3 is 14.6 Å². The van der Waals surface area contributed by atoms with Crippen molar-refractivity contribution in [3.05, 3.63) is 66.0 Å². The van der Waals surface area contributed by atoms with Crippen LogP contribution in [-0.4, -0.2) is 43.4 Å². The molecule has 33 heavy (non-hydrogen) atoms. The summed E-state index contributed by atoms with van der Waals surface area (Å²) in [6.45, 7) is 7.24. The molecule has 0 amide bonds. The Labute approximate surface area is 191 Å². The predicted molar refractivity (Wildman–Crippen MR) is 124 cm³/mol. The highest BCUT2D eigenvalue weighted by molar-refractivity contribution is 5.80. The van der Waals surface area contributed by atoms with Crippen molar-refractivity contribution in [2.75, 3.05) is 7.11 Å². The Morgan fingerprint density at radius 2 is 1.82 bits per heavy atom. The quantitative estimate of drug-likeness (QED) is 0.458. The second kappa shape index (κ2) is 8.63. The standard InChI is InChI=1S/C25H26N4O4/c1-15-21(23(24(30)31)33-25(2,3)4)22(17-11-12-20(32-5)26-14-17)29-19(27-15)13-18(28-29)16-9-7-6-8-10-16/h6-14,23H,1-5H3,(H,30,31). The molecule has 1 atom stereocenters. The summed E-state index contributed by atoms with van der Waals surface area (Å²) in [5.41, 5.74) is 3.77. The minimum absolute atomic E-state index is 0.430. The molecule has 0 saturated carbocycles. The molecule has 8 nitrogen and oxygen atoms in total. The minimum Gasteiger partial charge on any atom is -0.481 e. The molecule has 0 aliphatic heterocycles. The molecule has 0 bridgehead atoms. The summed E-state index contributed by atoms with van der Waals surface area (Å²) < 4.78 is 12.8. The van der Waals surface area contributed by atoms with Gasteiger partial charge in [0.2, 0.25) is 5.88 Å². The lowest BCUT2D eigenvalue weighted by Gasteiger charge is -2.27. The molecule has 0 aliphatic rings. The maximum Gasteiger partial charge on any atom is 0.337 e. The van der Waals surface area contributed by atoms with E-state index in [0.29, 0.717) is 34.0 Å². The van der Waals surface area contributed by atoms with E-state index in [9.17, 15) is 9.90 Å². The minimum atomic E-state index is -1.25. The zero-order valence-electron chi connectivity index (χ0n) is 19.2. The van der Waals surface area contributed by atoms with Crippen LogP contribution in [0.25, 0.3) is 28.2 Å². The zero-order chi connectivity index (χ0) is 23.8. The van der Waals surface area contributed by atoms with Gasteiger partial charge in [-0.2, -0.15) is 5.10 Å². The third kappa shape index (κ3) is 4.56. The number of carboxylic acid groups (broad SMARTS) is 1. The summed E-state index contributed by atoms with van der Waals surface area (Å²) in [6.07, 6.45) is 0.388. The molecule has 1 unspecified atom stereocenters. The van der Waals surface area contributed by atoms with Gasteiger partial charge in [0.15, 0.2) is 11.8 Å². The van der Waals surface area contributed by atoms with Gasteiger partial charge in [-0.15, -0.1) is 0 Å². The van der Waals surface area contributed by atoms with Gasteiger partial charge >= 0.3 is 5.97 Å². The molecule has 1 N–H and O–H groups in total. The van der Waals surface area contributed by atoms with E-state index in [-0.39, 0.29) is 0 Å². The van der Waals surface area contributed by atoms with Crippen LogP contribution in [0.3, 0.4) is 0 Å². The van der Waals surface area contributed by atoms with Crippen LogP contribution >= 0.6 is 0 Å². The smallest absolute Gasteiger partial charge is 0.337 e. The van der Waals surface area contributed by atoms with Gasteiger partial charge in [0, 0.05) is 40.7 Å². The third-order valence-electron chi connectivity index (χ3n) is 5.08. The molecule has 4 rings (SSSR count). The van der Waals surface area contributed by atoms with Crippen LogP contribution in [0.2, 0.25) is 0 Å². The van der Waals surface area contributed by atoms with Crippen molar-refractivity contribution < 1.29 is 19.4 Å². The molecular weight excluding hydrogens is 420 g/mol. The number of carboxylic acids is 1. The van der Waals surface area contributed by atoms with Crippen LogP contribution in [0, 0.1) is 6.92 Å². The van der Waals surface area contributed by atoms with Crippen LogP contribution in [-0.2, 0) is 9.53 Å². The number of aryl methyl sites for hydroxylation is 1. The Hall–Kier alpha value is -3.78. The lowest BCUT2D eigenvalue weighted by Crippen LogP contribution is -2.29. The van der Waals surface area contributed by atoms with Crippen LogP contribution < -0.4 is 4.74 Å². The Balaban J connectivity index is 2.03. The number of pyridine rings is 1. The molecule has 0 aliphatic carbocycles. The number of aliphatic carboxylic acids is 1. The number of carbonyl (C=O) groups is 1. The van der Waals surface area contributed by atoms with Crippen molar-refractivity contribution in [3.63, 3.8) is 0 Å². The average molecular weight is 447 g/mol. The number of hydrogen-bond donors (Lipinski definition) is 1. The van der Waals surface area contributed by atoms with E-state index in [0.717, 1.165) is 11.3 Å². The molecule has 0 radical (unpaired) electrons. The molecule has 0 fully saturated rings. The summed E-state index contributed by atoms with van der Waals surface area (Å²) in [4.78, 5) is 21.4. The first-order valence-corrected chi connectivity index (χ1v) is 10.5. The fourth-order valence-electron chi connectivity index (χ4n) is 3.70. The van der Waals surface area contributed by atoms with Gasteiger partial charge in [-0.3, -0.25) is 0 Å². The van der Waals surface area contributed by atoms with Gasteiger partial charge in [-0.1, -0.05) is 30.3 Å². The summed E-state index contributed by atoms with van der Waals surface area (Å²) in [5, 5.41) is 14.9. The van der Waals surface area contributed by atoms with Crippen LogP contribution in [0.15, 0.2) is 54.7 Å². The Bertz CT molecular complexity index is 1290. The molecular formula is C25H26N4O4. The lowest BCUT2D eigenvalue weighted by atomic mass is 10.00. The van der Waals surface area contributed by atoms with E-state index in [4.69, 9.17) is 14.6 Å². The number of nitrogens with zero attached hydrogens (tertiary/aromatic N) is 4. The summed E-state index contributed by atoms with van der Waals surface area (Å²) in [5.74, 6) is -0.652. The number of hydrogen-bond acceptors (Lipinski definition) is 6. The van der Waals surface area contributed by atoms with E-state index in [1.165, 1.54) is 0 Å². The monoisotopic (exact) mass is 446 g/mol. The first-order chi connectivity index (χ1) is 15.7. The highest BCUT2D eigenvalue weighted by Gasteiger charge is 2.33. The summed E-state index contributed by atoms with van der Waals surface area (Å²) >= 11 is 0. The number of ether oxygens (including phenoxy) is 2. The van der Waals surface area contributed by atoms with Crippen molar-refractivity contribution in [1.82, 2.24) is 19.6 Å². The van der Waals surface area contributed by atoms with Crippen molar-refractivity contribution >= 4 is 11.6 Å². The van der Waals surface area contributed by atoms with Gasteiger partial charge in [-0.05, 0) is 33.8 Å². The lowest BCUT2D eigenvalue weighted by molar-refractivity contribution is -0.160. The summed E-state index contributed by atoms with van der Waals surface area (Å²) in [7, 11) is 1.54. The number of aromatic nitrogens is 4. The maximum atomic E-state index is 12.4. The van der Waals surface area contributed by atoms with Crippen LogP contribution in [0.4, 0.5) is 0 Å². The molecule has 170 valence electrons. The highest BCUT2D eigenvalue weighted by Crippen LogP contribution is 2.36. The van der Waals surface area contributed by atoms with Gasteiger partial charge in [0.1, 0.15) is 0 Å². The molecule has 8 heteroatoms. The molecule has 0 spiro atoms. The van der Waals surface area contributed by atoms with E-state index in [1.807, 2.05) is 63.2 Å². The molecule has 0 saturated heterocycles. The Kier molecular flexibility index (Phi) is 5.86. The van der Waals surface area contributed by atoms with Gasteiger partial charge in [0.25, 0.3) is 0 Å². The SMILES string of the molecule is COc1ccc(-c2c(C(OC(C)(C)C)C(=O)O)c(C)nc3cc(-c4ccccc4)nn23)cn1. The van der Waals surface area contributed by atoms with Crippen molar-refractivity contribution in [1.29, 1.82) is 0 Å². The number of methoxy groups -OCH3 is 1. The Morgan fingerprint density at radius 1 is 1.09 bits per heavy atom.